The van der Waals surface area contributed by atoms with Gasteiger partial charge in [0.05, 0.1) is 36.0 Å². The first kappa shape index (κ1) is 31.4. The van der Waals surface area contributed by atoms with E-state index >= 15 is 0 Å². The van der Waals surface area contributed by atoms with Crippen LogP contribution in [0.5, 0.6) is 0 Å². The molecular weight excluding hydrogens is 523 g/mol. The van der Waals surface area contributed by atoms with Crippen LogP contribution in [0.3, 0.4) is 0 Å². The van der Waals surface area contributed by atoms with Gasteiger partial charge in [-0.2, -0.15) is 0 Å². The van der Waals surface area contributed by atoms with Crippen LogP contribution in [-0.4, -0.2) is 72.3 Å². The minimum absolute atomic E-state index is 0.00698. The van der Waals surface area contributed by atoms with Gasteiger partial charge in [-0.3, -0.25) is 0 Å². The zero-order chi connectivity index (χ0) is 29.8. The van der Waals surface area contributed by atoms with Crippen molar-refractivity contribution >= 4 is 19.3 Å². The van der Waals surface area contributed by atoms with E-state index in [1.54, 1.807) is 4.90 Å². The molecule has 1 aromatic carbocycles. The standard InChI is InChI=1S/C31H47BN2O7/c1-29(2,3)39-27(35)33-25-14-11-19-34(28(36)38-20-22-12-9-8-10-13-22)26(25)21-37-24-17-15-23(16-18-24)32-40-30(4,5)31(6,7)41-32/h8-10,12-13,15,24-26H,11,14,16-21H2,1-7H3,(H,33,35)/t24?,25-,26-/m0/s1. The van der Waals surface area contributed by atoms with Gasteiger partial charge in [-0.05, 0) is 91.6 Å². The topological polar surface area (TPSA) is 95.6 Å². The number of carbonyl (C=O) groups excluding carboxylic acids is 2. The van der Waals surface area contributed by atoms with E-state index in [1.165, 1.54) is 0 Å². The summed E-state index contributed by atoms with van der Waals surface area (Å²) in [7, 11) is -0.337. The minimum atomic E-state index is -0.623. The van der Waals surface area contributed by atoms with E-state index in [0.29, 0.717) is 13.0 Å². The summed E-state index contributed by atoms with van der Waals surface area (Å²) in [6, 6.07) is 8.90. The molecule has 0 bridgehead atoms. The van der Waals surface area contributed by atoms with Crippen LogP contribution in [0.25, 0.3) is 0 Å². The van der Waals surface area contributed by atoms with E-state index in [0.717, 1.165) is 36.7 Å². The number of hydrogen-bond donors (Lipinski definition) is 1. The van der Waals surface area contributed by atoms with Crippen LogP contribution in [0, 0.1) is 0 Å². The molecule has 41 heavy (non-hydrogen) atoms. The second-order valence-electron chi connectivity index (χ2n) is 13.3. The Morgan fingerprint density at radius 3 is 2.37 bits per heavy atom. The third kappa shape index (κ3) is 8.26. The normalized spacial score (nSPS) is 25.8. The summed E-state index contributed by atoms with van der Waals surface area (Å²) in [6.07, 6.45) is 5.07. The predicted molar refractivity (Wildman–Crippen MR) is 157 cm³/mol. The number of nitrogens with one attached hydrogen (secondary N) is 1. The molecular formula is C31H47BN2O7. The quantitative estimate of drug-likeness (QED) is 0.414. The molecule has 1 aliphatic carbocycles. The maximum atomic E-state index is 13.3. The van der Waals surface area contributed by atoms with Crippen LogP contribution >= 0.6 is 0 Å². The van der Waals surface area contributed by atoms with E-state index in [2.05, 4.69) is 39.1 Å². The van der Waals surface area contributed by atoms with Crippen molar-refractivity contribution in [3.63, 3.8) is 0 Å². The number of benzene rings is 1. The van der Waals surface area contributed by atoms with Crippen molar-refractivity contribution < 1.29 is 33.1 Å². The van der Waals surface area contributed by atoms with Crippen molar-refractivity contribution in [3.05, 3.63) is 47.4 Å². The monoisotopic (exact) mass is 570 g/mol. The summed E-state index contributed by atoms with van der Waals surface area (Å²) < 4.78 is 30.1. The second kappa shape index (κ2) is 12.8. The molecule has 1 unspecified atom stereocenters. The number of carbonyl (C=O) groups is 2. The Hall–Kier alpha value is -2.56. The average Bonchev–Trinajstić information content (AvgIpc) is 3.12. The molecule has 2 saturated heterocycles. The lowest BCUT2D eigenvalue weighted by molar-refractivity contribution is -0.0215. The number of amides is 2. The van der Waals surface area contributed by atoms with Crippen LogP contribution in [0.2, 0.25) is 0 Å². The average molecular weight is 571 g/mol. The maximum Gasteiger partial charge on any atom is 0.490 e. The molecule has 1 N–H and O–H groups in total. The Kier molecular flexibility index (Phi) is 9.76. The SMILES string of the molecule is CC(C)(C)OC(=O)N[C@H]1CCCN(C(=O)OCc2ccccc2)[C@H]1COC1CC=C(B2OC(C)(C)C(C)(C)O2)CC1. The molecule has 2 heterocycles. The first-order valence-corrected chi connectivity index (χ1v) is 14.9. The molecule has 226 valence electrons. The molecule has 2 fully saturated rings. The lowest BCUT2D eigenvalue weighted by atomic mass is 9.72. The van der Waals surface area contributed by atoms with Crippen molar-refractivity contribution in [3.8, 4) is 0 Å². The van der Waals surface area contributed by atoms with Gasteiger partial charge in [0.2, 0.25) is 0 Å². The highest BCUT2D eigenvalue weighted by molar-refractivity contribution is 6.54. The molecule has 10 heteroatoms. The third-order valence-corrected chi connectivity index (χ3v) is 8.38. The molecule has 9 nitrogen and oxygen atoms in total. The molecule has 2 amide bonds. The Balaban J connectivity index is 1.39. The van der Waals surface area contributed by atoms with E-state index in [1.807, 2.05) is 51.1 Å². The van der Waals surface area contributed by atoms with Gasteiger partial charge in [-0.15, -0.1) is 0 Å². The summed E-state index contributed by atoms with van der Waals surface area (Å²) in [5, 5.41) is 3.00. The summed E-state index contributed by atoms with van der Waals surface area (Å²) in [5.74, 6) is 0. The highest BCUT2D eigenvalue weighted by atomic mass is 16.7. The van der Waals surface area contributed by atoms with Crippen LogP contribution < -0.4 is 5.32 Å². The van der Waals surface area contributed by atoms with E-state index in [4.69, 9.17) is 23.5 Å². The number of nitrogens with zero attached hydrogens (tertiary/aromatic N) is 1. The Morgan fingerprint density at radius 1 is 1.07 bits per heavy atom. The van der Waals surface area contributed by atoms with Crippen LogP contribution in [0.4, 0.5) is 9.59 Å². The van der Waals surface area contributed by atoms with Gasteiger partial charge in [0, 0.05) is 6.54 Å². The van der Waals surface area contributed by atoms with Crippen molar-refractivity contribution in [2.24, 2.45) is 0 Å². The number of likely N-dealkylation sites (tertiary alicyclic amines) is 1. The number of piperidine rings is 1. The van der Waals surface area contributed by atoms with Gasteiger partial charge in [0.25, 0.3) is 0 Å². The molecule has 0 radical (unpaired) electrons. The lowest BCUT2D eigenvalue weighted by Gasteiger charge is -2.41. The zero-order valence-electron chi connectivity index (χ0n) is 25.7. The summed E-state index contributed by atoms with van der Waals surface area (Å²) in [5.41, 5.74) is 0.698. The molecule has 0 saturated carbocycles. The van der Waals surface area contributed by atoms with E-state index < -0.39 is 17.8 Å². The largest absolute Gasteiger partial charge is 0.490 e. The van der Waals surface area contributed by atoms with Gasteiger partial charge in [0.15, 0.2) is 0 Å². The van der Waals surface area contributed by atoms with Gasteiger partial charge >= 0.3 is 19.3 Å². The second-order valence-corrected chi connectivity index (χ2v) is 13.3. The molecule has 3 aliphatic rings. The summed E-state index contributed by atoms with van der Waals surface area (Å²) in [6.45, 7) is 14.7. The smallest absolute Gasteiger partial charge is 0.445 e. The number of alkyl carbamates (subject to hydrolysis) is 1. The maximum absolute atomic E-state index is 13.3. The third-order valence-electron chi connectivity index (χ3n) is 8.38. The number of hydrogen-bond acceptors (Lipinski definition) is 7. The summed E-state index contributed by atoms with van der Waals surface area (Å²) in [4.78, 5) is 27.6. The van der Waals surface area contributed by atoms with Gasteiger partial charge < -0.3 is 33.7 Å². The molecule has 2 aliphatic heterocycles. The van der Waals surface area contributed by atoms with Crippen LogP contribution in [0.1, 0.15) is 86.1 Å². The van der Waals surface area contributed by atoms with Crippen molar-refractivity contribution in [1.29, 1.82) is 0 Å². The fourth-order valence-electron chi connectivity index (χ4n) is 5.34. The molecule has 0 spiro atoms. The van der Waals surface area contributed by atoms with Crippen LogP contribution in [0.15, 0.2) is 41.9 Å². The molecule has 0 aromatic heterocycles. The van der Waals surface area contributed by atoms with E-state index in [-0.39, 0.29) is 49.7 Å². The zero-order valence-corrected chi connectivity index (χ0v) is 25.7. The Morgan fingerprint density at radius 2 is 1.76 bits per heavy atom. The molecule has 3 atom stereocenters. The number of ether oxygens (including phenoxy) is 3. The number of rotatable bonds is 7. The van der Waals surface area contributed by atoms with Crippen molar-refractivity contribution in [2.75, 3.05) is 13.2 Å². The fraction of sp³-hybridized carbons (Fsp3) is 0.677. The predicted octanol–water partition coefficient (Wildman–Crippen LogP) is 5.81. The van der Waals surface area contributed by atoms with Gasteiger partial charge in [-0.1, -0.05) is 36.4 Å². The highest BCUT2D eigenvalue weighted by Crippen LogP contribution is 2.40. The van der Waals surface area contributed by atoms with Gasteiger partial charge in [-0.25, -0.2) is 9.59 Å². The fourth-order valence-corrected chi connectivity index (χ4v) is 5.34. The number of allylic oxidation sites excluding steroid dienone is 1. The Bertz CT molecular complexity index is 1070. The lowest BCUT2D eigenvalue weighted by Crippen LogP contribution is -2.59. The highest BCUT2D eigenvalue weighted by Gasteiger charge is 2.52. The van der Waals surface area contributed by atoms with Crippen LogP contribution in [-0.2, 0) is 30.1 Å². The van der Waals surface area contributed by atoms with Gasteiger partial charge in [0.1, 0.15) is 12.2 Å². The first-order chi connectivity index (χ1) is 19.2. The summed E-state index contributed by atoms with van der Waals surface area (Å²) >= 11 is 0. The van der Waals surface area contributed by atoms with Crippen molar-refractivity contribution in [2.45, 2.75) is 122 Å². The molecule has 4 rings (SSSR count). The van der Waals surface area contributed by atoms with E-state index in [9.17, 15) is 9.59 Å². The minimum Gasteiger partial charge on any atom is -0.445 e. The van der Waals surface area contributed by atoms with Crippen molar-refractivity contribution in [1.82, 2.24) is 10.2 Å². The Labute approximate surface area is 245 Å². The molecule has 1 aromatic rings. The first-order valence-electron chi connectivity index (χ1n) is 14.9.